The summed E-state index contributed by atoms with van der Waals surface area (Å²) in [4.78, 5) is 38.3. The van der Waals surface area contributed by atoms with E-state index in [9.17, 15) is 14.4 Å². The van der Waals surface area contributed by atoms with Gasteiger partial charge in [0.25, 0.3) is 0 Å². The van der Waals surface area contributed by atoms with Crippen LogP contribution >= 0.6 is 0 Å². The summed E-state index contributed by atoms with van der Waals surface area (Å²) in [5.41, 5.74) is 0. The minimum atomic E-state index is -1.04. The fraction of sp³-hybridized carbons (Fsp3) is 0.786. The molecule has 0 aromatic rings. The van der Waals surface area contributed by atoms with Crippen molar-refractivity contribution in [2.24, 2.45) is 5.92 Å². The summed E-state index contributed by atoms with van der Waals surface area (Å²) < 4.78 is 4.94. The number of carboxylic acids is 1. The summed E-state index contributed by atoms with van der Waals surface area (Å²) in [6.45, 7) is 4.63. The van der Waals surface area contributed by atoms with E-state index in [0.29, 0.717) is 26.1 Å². The van der Waals surface area contributed by atoms with E-state index in [2.05, 4.69) is 0 Å². The lowest BCUT2D eigenvalue weighted by Crippen LogP contribution is -2.45. The normalized spacial score (nSPS) is 19.7. The zero-order chi connectivity index (χ0) is 16.0. The van der Waals surface area contributed by atoms with Crippen molar-refractivity contribution >= 4 is 17.8 Å². The molecule has 2 amide bonds. The quantitative estimate of drug-likeness (QED) is 0.691. The highest BCUT2D eigenvalue weighted by molar-refractivity contribution is 5.90. The standard InChI is InChI=1S/C14H24N2O5/c1-4-10(2)16(9-13(18)19)14(20)11-7-12(17)15(8-11)5-6-21-3/h10-11H,4-9H2,1-3H3,(H,18,19)/t10-,11-/m0/s1. The largest absolute Gasteiger partial charge is 0.480 e. The van der Waals surface area contributed by atoms with Gasteiger partial charge in [-0.2, -0.15) is 0 Å². The first-order chi connectivity index (χ1) is 9.90. The Morgan fingerprint density at radius 2 is 2.19 bits per heavy atom. The molecule has 1 aliphatic heterocycles. The van der Waals surface area contributed by atoms with E-state index >= 15 is 0 Å². The minimum absolute atomic E-state index is 0.0789. The van der Waals surface area contributed by atoms with Crippen LogP contribution in [0.15, 0.2) is 0 Å². The first-order valence-corrected chi connectivity index (χ1v) is 7.19. The molecule has 0 aromatic heterocycles. The number of ether oxygens (including phenoxy) is 1. The van der Waals surface area contributed by atoms with Crippen molar-refractivity contribution in [1.82, 2.24) is 9.80 Å². The topological polar surface area (TPSA) is 87.2 Å². The molecule has 1 rings (SSSR count). The SMILES string of the molecule is CC[C@H](C)N(CC(=O)O)C(=O)[C@H]1CC(=O)N(CCOC)C1. The molecule has 0 aromatic carbocycles. The highest BCUT2D eigenvalue weighted by Crippen LogP contribution is 2.21. The second-order valence-corrected chi connectivity index (χ2v) is 5.35. The summed E-state index contributed by atoms with van der Waals surface area (Å²) in [7, 11) is 1.56. The summed E-state index contributed by atoms with van der Waals surface area (Å²) in [6.07, 6.45) is 0.822. The van der Waals surface area contributed by atoms with Gasteiger partial charge in [0.15, 0.2) is 0 Å². The second-order valence-electron chi connectivity index (χ2n) is 5.35. The van der Waals surface area contributed by atoms with Gasteiger partial charge < -0.3 is 19.6 Å². The molecule has 1 N–H and O–H groups in total. The van der Waals surface area contributed by atoms with Gasteiger partial charge in [-0.15, -0.1) is 0 Å². The number of methoxy groups -OCH3 is 1. The van der Waals surface area contributed by atoms with E-state index in [1.807, 2.05) is 13.8 Å². The van der Waals surface area contributed by atoms with Crippen LogP contribution in [0, 0.1) is 5.92 Å². The average Bonchev–Trinajstić information content (AvgIpc) is 2.82. The average molecular weight is 300 g/mol. The van der Waals surface area contributed by atoms with E-state index in [4.69, 9.17) is 9.84 Å². The molecular formula is C14H24N2O5. The Kier molecular flexibility index (Phi) is 6.61. The molecule has 1 heterocycles. The maximum absolute atomic E-state index is 12.5. The molecule has 1 saturated heterocycles. The lowest BCUT2D eigenvalue weighted by Gasteiger charge is -2.29. The molecule has 0 aliphatic carbocycles. The molecule has 7 nitrogen and oxygen atoms in total. The number of hydrogen-bond acceptors (Lipinski definition) is 4. The van der Waals surface area contributed by atoms with Gasteiger partial charge in [0.1, 0.15) is 6.54 Å². The van der Waals surface area contributed by atoms with Crippen LogP contribution in [0.5, 0.6) is 0 Å². The van der Waals surface area contributed by atoms with Crippen LogP contribution in [0.2, 0.25) is 0 Å². The van der Waals surface area contributed by atoms with E-state index in [1.165, 1.54) is 4.90 Å². The van der Waals surface area contributed by atoms with Crippen molar-refractivity contribution in [1.29, 1.82) is 0 Å². The maximum atomic E-state index is 12.5. The van der Waals surface area contributed by atoms with Gasteiger partial charge in [-0.05, 0) is 13.3 Å². The van der Waals surface area contributed by atoms with Gasteiger partial charge in [-0.1, -0.05) is 6.92 Å². The highest BCUT2D eigenvalue weighted by atomic mass is 16.5. The molecule has 21 heavy (non-hydrogen) atoms. The number of nitrogens with zero attached hydrogens (tertiary/aromatic N) is 2. The smallest absolute Gasteiger partial charge is 0.323 e. The lowest BCUT2D eigenvalue weighted by atomic mass is 10.1. The molecular weight excluding hydrogens is 276 g/mol. The molecule has 7 heteroatoms. The van der Waals surface area contributed by atoms with Crippen molar-refractivity contribution in [2.75, 3.05) is 33.4 Å². The number of amides is 2. The molecule has 0 radical (unpaired) electrons. The number of aliphatic carboxylic acids is 1. The van der Waals surface area contributed by atoms with E-state index in [1.54, 1.807) is 12.0 Å². The van der Waals surface area contributed by atoms with Gasteiger partial charge in [0.2, 0.25) is 11.8 Å². The number of carbonyl (C=O) groups excluding carboxylic acids is 2. The molecule has 0 bridgehead atoms. The monoisotopic (exact) mass is 300 g/mol. The molecule has 1 fully saturated rings. The molecule has 0 spiro atoms. The van der Waals surface area contributed by atoms with Crippen LogP contribution in [0.1, 0.15) is 26.7 Å². The van der Waals surface area contributed by atoms with E-state index in [-0.39, 0.29) is 30.8 Å². The fourth-order valence-corrected chi connectivity index (χ4v) is 2.41. The van der Waals surface area contributed by atoms with Gasteiger partial charge in [-0.3, -0.25) is 14.4 Å². The van der Waals surface area contributed by atoms with Crippen molar-refractivity contribution in [2.45, 2.75) is 32.7 Å². The first kappa shape index (κ1) is 17.4. The Morgan fingerprint density at radius 3 is 2.71 bits per heavy atom. The second kappa shape index (κ2) is 7.97. The van der Waals surface area contributed by atoms with Gasteiger partial charge in [-0.25, -0.2) is 0 Å². The predicted molar refractivity (Wildman–Crippen MR) is 75.7 cm³/mol. The zero-order valence-electron chi connectivity index (χ0n) is 12.9. The predicted octanol–water partition coefficient (Wildman–Crippen LogP) is 0.193. The molecule has 2 atom stereocenters. The molecule has 0 unspecified atom stereocenters. The zero-order valence-corrected chi connectivity index (χ0v) is 12.9. The van der Waals surface area contributed by atoms with Crippen LogP contribution in [-0.2, 0) is 19.1 Å². The Bertz CT molecular complexity index is 399. The van der Waals surface area contributed by atoms with Gasteiger partial charge in [0, 0.05) is 32.7 Å². The number of rotatable bonds is 8. The van der Waals surface area contributed by atoms with Gasteiger partial charge >= 0.3 is 5.97 Å². The van der Waals surface area contributed by atoms with Crippen molar-refractivity contribution < 1.29 is 24.2 Å². The Morgan fingerprint density at radius 1 is 1.52 bits per heavy atom. The number of carboxylic acid groups (broad SMARTS) is 1. The number of hydrogen-bond donors (Lipinski definition) is 1. The summed E-state index contributed by atoms with van der Waals surface area (Å²) in [5, 5.41) is 8.95. The number of likely N-dealkylation sites (tertiary alicyclic amines) is 1. The fourth-order valence-electron chi connectivity index (χ4n) is 2.41. The minimum Gasteiger partial charge on any atom is -0.480 e. The summed E-state index contributed by atoms with van der Waals surface area (Å²) >= 11 is 0. The molecule has 0 saturated carbocycles. The lowest BCUT2D eigenvalue weighted by molar-refractivity contribution is -0.148. The van der Waals surface area contributed by atoms with Crippen molar-refractivity contribution in [3.05, 3.63) is 0 Å². The summed E-state index contributed by atoms with van der Waals surface area (Å²) in [6, 6.07) is -0.156. The van der Waals surface area contributed by atoms with Crippen LogP contribution in [-0.4, -0.2) is 72.1 Å². The third-order valence-electron chi connectivity index (χ3n) is 3.84. The van der Waals surface area contributed by atoms with Crippen molar-refractivity contribution in [3.63, 3.8) is 0 Å². The molecule has 120 valence electrons. The number of carbonyl (C=O) groups is 3. The maximum Gasteiger partial charge on any atom is 0.323 e. The Hall–Kier alpha value is -1.63. The first-order valence-electron chi connectivity index (χ1n) is 7.19. The van der Waals surface area contributed by atoms with Crippen LogP contribution in [0.3, 0.4) is 0 Å². The Labute approximate surface area is 124 Å². The highest BCUT2D eigenvalue weighted by Gasteiger charge is 2.37. The third kappa shape index (κ3) is 4.70. The van der Waals surface area contributed by atoms with Crippen molar-refractivity contribution in [3.8, 4) is 0 Å². The van der Waals surface area contributed by atoms with E-state index in [0.717, 1.165) is 0 Å². The van der Waals surface area contributed by atoms with E-state index < -0.39 is 11.9 Å². The Balaban J connectivity index is 2.71. The summed E-state index contributed by atoms with van der Waals surface area (Å²) in [5.74, 6) is -1.82. The van der Waals surface area contributed by atoms with Crippen LogP contribution in [0.25, 0.3) is 0 Å². The van der Waals surface area contributed by atoms with Crippen LogP contribution in [0.4, 0.5) is 0 Å². The van der Waals surface area contributed by atoms with Gasteiger partial charge in [0.05, 0.1) is 12.5 Å². The van der Waals surface area contributed by atoms with Crippen LogP contribution < -0.4 is 0 Å². The molecule has 1 aliphatic rings. The third-order valence-corrected chi connectivity index (χ3v) is 3.84.